The topological polar surface area (TPSA) is 69.8 Å². The van der Waals surface area contributed by atoms with Crippen LogP contribution >= 0.6 is 0 Å². The van der Waals surface area contributed by atoms with Crippen molar-refractivity contribution in [3.05, 3.63) is 108 Å². The predicted molar refractivity (Wildman–Crippen MR) is 141 cm³/mol. The minimum atomic E-state index is -0.844. The van der Waals surface area contributed by atoms with Crippen LogP contribution in [-0.4, -0.2) is 60.6 Å². The smallest absolute Gasteiger partial charge is 0.232 e. The lowest BCUT2D eigenvalue weighted by Crippen LogP contribution is -2.49. The van der Waals surface area contributed by atoms with E-state index in [2.05, 4.69) is 16.8 Å². The zero-order valence-corrected chi connectivity index (χ0v) is 20.6. The Balaban J connectivity index is 1.40. The Morgan fingerprint density at radius 2 is 1.51 bits per heavy atom. The Morgan fingerprint density at radius 1 is 0.971 bits per heavy atom. The van der Waals surface area contributed by atoms with Crippen LogP contribution in [0.15, 0.2) is 91.0 Å². The highest BCUT2D eigenvalue weighted by molar-refractivity contribution is 5.91. The number of primary amides is 1. The molecule has 0 aliphatic carbocycles. The van der Waals surface area contributed by atoms with Crippen molar-refractivity contribution in [2.24, 2.45) is 11.7 Å². The van der Waals surface area contributed by atoms with Crippen LogP contribution in [0.1, 0.15) is 35.6 Å². The molecule has 35 heavy (non-hydrogen) atoms. The van der Waals surface area contributed by atoms with Gasteiger partial charge in [-0.25, -0.2) is 0 Å². The van der Waals surface area contributed by atoms with Crippen molar-refractivity contribution in [2.75, 3.05) is 39.8 Å². The Labute approximate surface area is 209 Å². The third kappa shape index (κ3) is 5.64. The molecular weight excluding hydrogens is 434 g/mol. The van der Waals surface area contributed by atoms with E-state index in [1.807, 2.05) is 91.0 Å². The molecule has 0 bridgehead atoms. The summed E-state index contributed by atoms with van der Waals surface area (Å²) < 4.78 is 0. The van der Waals surface area contributed by atoms with Crippen molar-refractivity contribution in [2.45, 2.75) is 24.4 Å². The predicted octanol–water partition coefficient (Wildman–Crippen LogP) is 3.84. The summed E-state index contributed by atoms with van der Waals surface area (Å²) in [5, 5.41) is 10.5. The zero-order chi connectivity index (χ0) is 24.7. The van der Waals surface area contributed by atoms with Crippen molar-refractivity contribution >= 4 is 5.91 Å². The number of nitrogens with zero attached hydrogens (tertiary/aromatic N) is 2. The van der Waals surface area contributed by atoms with Crippen molar-refractivity contribution in [3.63, 3.8) is 0 Å². The molecule has 184 valence electrons. The molecule has 3 aromatic rings. The van der Waals surface area contributed by atoms with Crippen molar-refractivity contribution in [3.8, 4) is 0 Å². The number of hydrogen-bond donors (Lipinski definition) is 2. The summed E-state index contributed by atoms with van der Waals surface area (Å²) in [7, 11) is 2.10. The summed E-state index contributed by atoms with van der Waals surface area (Å²) in [5.74, 6) is -0.177. The van der Waals surface area contributed by atoms with Gasteiger partial charge in [0.25, 0.3) is 0 Å². The number of rotatable bonds is 11. The average Bonchev–Trinajstić information content (AvgIpc) is 3.37. The second-order valence-corrected chi connectivity index (χ2v) is 9.71. The molecule has 1 fully saturated rings. The first-order valence-corrected chi connectivity index (χ1v) is 12.6. The van der Waals surface area contributed by atoms with Gasteiger partial charge in [0.2, 0.25) is 5.91 Å². The van der Waals surface area contributed by atoms with Crippen LogP contribution in [0.5, 0.6) is 0 Å². The number of benzene rings is 3. The number of likely N-dealkylation sites (tertiary alicyclic amines) is 1. The third-order valence-corrected chi connectivity index (χ3v) is 7.50. The van der Waals surface area contributed by atoms with Gasteiger partial charge < -0.3 is 20.6 Å². The molecule has 4 rings (SSSR count). The molecule has 3 N–H and O–H groups in total. The van der Waals surface area contributed by atoms with E-state index in [4.69, 9.17) is 5.73 Å². The fourth-order valence-electron chi connectivity index (χ4n) is 5.52. The largest absolute Gasteiger partial charge is 0.388 e. The van der Waals surface area contributed by atoms with E-state index in [9.17, 15) is 9.90 Å². The number of carbonyl (C=O) groups is 1. The average molecular weight is 472 g/mol. The first kappa shape index (κ1) is 25.1. The summed E-state index contributed by atoms with van der Waals surface area (Å²) in [6, 6.07) is 29.9. The first-order valence-electron chi connectivity index (χ1n) is 12.6. The highest BCUT2D eigenvalue weighted by Gasteiger charge is 2.49. The van der Waals surface area contributed by atoms with Crippen LogP contribution in [0, 0.1) is 5.92 Å². The molecule has 1 aliphatic rings. The van der Waals surface area contributed by atoms with Gasteiger partial charge in [-0.3, -0.25) is 4.79 Å². The minimum absolute atomic E-state index is 0.106. The number of aliphatic hydroxyl groups is 1. The standard InChI is InChI=1S/C30H37N3O2/c1-32(19-18-28(34)24-11-5-2-6-12-24)21-22-33-20-17-27(23-33)30(29(31)35,25-13-7-3-8-14-25)26-15-9-4-10-16-26/h2-16,27-28,34H,17-23H2,1H3,(H2,31,35). The molecule has 0 radical (unpaired) electrons. The molecule has 0 aromatic heterocycles. The van der Waals surface area contributed by atoms with E-state index in [1.165, 1.54) is 0 Å². The normalized spacial score (nSPS) is 17.5. The van der Waals surface area contributed by atoms with Gasteiger partial charge in [0.15, 0.2) is 0 Å². The lowest BCUT2D eigenvalue weighted by Gasteiger charge is -2.37. The van der Waals surface area contributed by atoms with E-state index in [1.54, 1.807) is 0 Å². The molecule has 5 nitrogen and oxygen atoms in total. The Kier molecular flexibility index (Phi) is 8.34. The van der Waals surface area contributed by atoms with Gasteiger partial charge >= 0.3 is 0 Å². The van der Waals surface area contributed by atoms with Crippen LogP contribution in [-0.2, 0) is 10.2 Å². The maximum absolute atomic E-state index is 13.2. The van der Waals surface area contributed by atoms with Gasteiger partial charge in [0.05, 0.1) is 6.10 Å². The second kappa shape index (κ2) is 11.6. The highest BCUT2D eigenvalue weighted by Crippen LogP contribution is 2.43. The summed E-state index contributed by atoms with van der Waals surface area (Å²) >= 11 is 0. The number of hydrogen-bond acceptors (Lipinski definition) is 4. The van der Waals surface area contributed by atoms with Gasteiger partial charge in [0.1, 0.15) is 5.41 Å². The lowest BCUT2D eigenvalue weighted by molar-refractivity contribution is -0.123. The van der Waals surface area contributed by atoms with E-state index < -0.39 is 11.5 Å². The quantitative estimate of drug-likeness (QED) is 0.446. The molecule has 1 saturated heterocycles. The van der Waals surface area contributed by atoms with Crippen LogP contribution in [0.2, 0.25) is 0 Å². The van der Waals surface area contributed by atoms with Crippen LogP contribution in [0.25, 0.3) is 0 Å². The van der Waals surface area contributed by atoms with Crippen molar-refractivity contribution in [1.82, 2.24) is 9.80 Å². The van der Waals surface area contributed by atoms with E-state index in [0.717, 1.165) is 55.8 Å². The van der Waals surface area contributed by atoms with Gasteiger partial charge in [-0.15, -0.1) is 0 Å². The summed E-state index contributed by atoms with van der Waals surface area (Å²) in [6.07, 6.45) is 1.18. The molecule has 0 saturated carbocycles. The van der Waals surface area contributed by atoms with Crippen LogP contribution in [0.3, 0.4) is 0 Å². The van der Waals surface area contributed by atoms with Gasteiger partial charge in [0, 0.05) is 26.2 Å². The summed E-state index contributed by atoms with van der Waals surface area (Å²) in [6.45, 7) is 4.43. The van der Waals surface area contributed by atoms with Crippen LogP contribution in [0.4, 0.5) is 0 Å². The van der Waals surface area contributed by atoms with Crippen molar-refractivity contribution in [1.29, 1.82) is 0 Å². The fraction of sp³-hybridized carbons (Fsp3) is 0.367. The van der Waals surface area contributed by atoms with Gasteiger partial charge in [-0.2, -0.15) is 0 Å². The Bertz CT molecular complexity index is 1020. The molecule has 1 heterocycles. The zero-order valence-electron chi connectivity index (χ0n) is 20.6. The molecule has 3 aromatic carbocycles. The molecular formula is C30H37N3O2. The van der Waals surface area contributed by atoms with Crippen molar-refractivity contribution < 1.29 is 9.90 Å². The Morgan fingerprint density at radius 3 is 2.06 bits per heavy atom. The first-order chi connectivity index (χ1) is 17.0. The number of amides is 1. The lowest BCUT2D eigenvalue weighted by atomic mass is 9.64. The highest BCUT2D eigenvalue weighted by atomic mass is 16.3. The second-order valence-electron chi connectivity index (χ2n) is 9.71. The Hall–Kier alpha value is -2.99. The number of likely N-dealkylation sites (N-methyl/N-ethyl adjacent to an activating group) is 1. The van der Waals surface area contributed by atoms with Gasteiger partial charge in [-0.1, -0.05) is 91.0 Å². The third-order valence-electron chi connectivity index (χ3n) is 7.50. The number of aliphatic hydroxyl groups excluding tert-OH is 1. The molecule has 1 aliphatic heterocycles. The maximum atomic E-state index is 13.2. The van der Waals surface area contributed by atoms with Gasteiger partial charge in [-0.05, 0) is 49.0 Å². The number of carbonyl (C=O) groups excluding carboxylic acids is 1. The summed E-state index contributed by atoms with van der Waals surface area (Å²) in [5.41, 5.74) is 8.27. The molecule has 0 spiro atoms. The molecule has 2 atom stereocenters. The van der Waals surface area contributed by atoms with E-state index in [0.29, 0.717) is 6.42 Å². The monoisotopic (exact) mass is 471 g/mol. The number of nitrogens with two attached hydrogens (primary N) is 1. The minimum Gasteiger partial charge on any atom is -0.388 e. The molecule has 2 unspecified atom stereocenters. The maximum Gasteiger partial charge on any atom is 0.232 e. The summed E-state index contributed by atoms with van der Waals surface area (Å²) in [4.78, 5) is 17.9. The molecule has 5 heteroatoms. The van der Waals surface area contributed by atoms with E-state index >= 15 is 0 Å². The molecule has 1 amide bonds. The van der Waals surface area contributed by atoms with Crippen LogP contribution < -0.4 is 5.73 Å². The SMILES string of the molecule is CN(CCC(O)c1ccccc1)CCN1CCC(C(C(N)=O)(c2ccccc2)c2ccccc2)C1. The van der Waals surface area contributed by atoms with E-state index in [-0.39, 0.29) is 11.8 Å². The fourth-order valence-corrected chi connectivity index (χ4v) is 5.52.